The van der Waals surface area contributed by atoms with Crippen LogP contribution in [0.1, 0.15) is 22.1 Å². The van der Waals surface area contributed by atoms with Crippen LogP contribution in [0.3, 0.4) is 0 Å². The van der Waals surface area contributed by atoms with E-state index in [1.807, 2.05) is 24.3 Å². The zero-order valence-electron chi connectivity index (χ0n) is 10.3. The Kier molecular flexibility index (Phi) is 4.76. The second kappa shape index (κ2) is 6.19. The molecule has 0 N–H and O–H groups in total. The molecular weight excluding hydrogens is 353 g/mol. The molecular formula is C15H11BrClF3. The summed E-state index contributed by atoms with van der Waals surface area (Å²) in [5.74, 6) is 0. The molecule has 2 aromatic carbocycles. The fourth-order valence-corrected chi connectivity index (χ4v) is 2.60. The lowest BCUT2D eigenvalue weighted by molar-refractivity contribution is -0.138. The van der Waals surface area contributed by atoms with Crippen LogP contribution in [0.2, 0.25) is 0 Å². The molecule has 1 unspecified atom stereocenters. The number of benzene rings is 2. The molecule has 5 heteroatoms. The van der Waals surface area contributed by atoms with Crippen molar-refractivity contribution in [3.05, 3.63) is 69.7 Å². The van der Waals surface area contributed by atoms with Crippen molar-refractivity contribution in [3.8, 4) is 0 Å². The Hall–Kier alpha value is -1.00. The second-order valence-electron chi connectivity index (χ2n) is 4.38. The number of rotatable bonds is 3. The van der Waals surface area contributed by atoms with E-state index in [2.05, 4.69) is 15.9 Å². The maximum absolute atomic E-state index is 12.9. The molecule has 0 aliphatic rings. The minimum Gasteiger partial charge on any atom is -0.166 e. The zero-order valence-corrected chi connectivity index (χ0v) is 12.6. The van der Waals surface area contributed by atoms with Crippen LogP contribution in [-0.2, 0) is 12.6 Å². The minimum atomic E-state index is -4.39. The second-order valence-corrected chi connectivity index (χ2v) is 5.83. The van der Waals surface area contributed by atoms with Crippen molar-refractivity contribution in [2.75, 3.05) is 0 Å². The van der Waals surface area contributed by atoms with Crippen LogP contribution in [0.25, 0.3) is 0 Å². The highest BCUT2D eigenvalue weighted by Crippen LogP contribution is 2.37. The van der Waals surface area contributed by atoms with Crippen molar-refractivity contribution in [2.24, 2.45) is 0 Å². The first kappa shape index (κ1) is 15.4. The van der Waals surface area contributed by atoms with Crippen LogP contribution < -0.4 is 0 Å². The third-order valence-electron chi connectivity index (χ3n) is 2.93. The van der Waals surface area contributed by atoms with Gasteiger partial charge in [0.05, 0.1) is 10.9 Å². The summed E-state index contributed by atoms with van der Waals surface area (Å²) in [4.78, 5) is 0. The molecule has 0 heterocycles. The summed E-state index contributed by atoms with van der Waals surface area (Å²) in [6.07, 6.45) is -4.04. The predicted octanol–water partition coefficient (Wildman–Crippen LogP) is 5.99. The molecule has 20 heavy (non-hydrogen) atoms. The van der Waals surface area contributed by atoms with Gasteiger partial charge in [0.2, 0.25) is 0 Å². The van der Waals surface area contributed by atoms with Crippen LogP contribution in [-0.4, -0.2) is 0 Å². The van der Waals surface area contributed by atoms with E-state index in [0.717, 1.165) is 16.1 Å². The van der Waals surface area contributed by atoms with Gasteiger partial charge in [0, 0.05) is 4.47 Å². The Labute approximate surface area is 128 Å². The molecule has 0 nitrogen and oxygen atoms in total. The van der Waals surface area contributed by atoms with Crippen LogP contribution in [0.5, 0.6) is 0 Å². The summed E-state index contributed by atoms with van der Waals surface area (Å²) in [7, 11) is 0. The Morgan fingerprint density at radius 2 is 1.60 bits per heavy atom. The van der Waals surface area contributed by atoms with Gasteiger partial charge in [-0.05, 0) is 35.7 Å². The first-order valence-electron chi connectivity index (χ1n) is 5.92. The zero-order chi connectivity index (χ0) is 14.8. The molecule has 2 rings (SSSR count). The van der Waals surface area contributed by atoms with Gasteiger partial charge in [-0.25, -0.2) is 0 Å². The van der Waals surface area contributed by atoms with E-state index in [-0.39, 0.29) is 5.56 Å². The van der Waals surface area contributed by atoms with Gasteiger partial charge in [-0.2, -0.15) is 13.2 Å². The van der Waals surface area contributed by atoms with Crippen molar-refractivity contribution in [2.45, 2.75) is 18.0 Å². The lowest BCUT2D eigenvalue weighted by atomic mass is 9.99. The SMILES string of the molecule is FC(F)(F)c1ccccc1C(Cl)Cc1ccc(Br)cc1. The summed E-state index contributed by atoms with van der Waals surface area (Å²) >= 11 is 9.49. The highest BCUT2D eigenvalue weighted by molar-refractivity contribution is 9.10. The van der Waals surface area contributed by atoms with Crippen molar-refractivity contribution in [1.29, 1.82) is 0 Å². The summed E-state index contributed by atoms with van der Waals surface area (Å²) in [5.41, 5.74) is 0.340. The van der Waals surface area contributed by atoms with Gasteiger partial charge in [0.1, 0.15) is 0 Å². The first-order chi connectivity index (χ1) is 9.38. The molecule has 106 valence electrons. The molecule has 1 atom stereocenters. The first-order valence-corrected chi connectivity index (χ1v) is 7.15. The number of halogens is 5. The third kappa shape index (κ3) is 3.76. The highest BCUT2D eigenvalue weighted by atomic mass is 79.9. The third-order valence-corrected chi connectivity index (χ3v) is 3.85. The maximum Gasteiger partial charge on any atom is 0.416 e. The molecule has 0 bridgehead atoms. The summed E-state index contributed by atoms with van der Waals surface area (Å²) in [6.45, 7) is 0. The number of alkyl halides is 4. The highest BCUT2D eigenvalue weighted by Gasteiger charge is 2.34. The van der Waals surface area contributed by atoms with Crippen molar-refractivity contribution in [3.63, 3.8) is 0 Å². The van der Waals surface area contributed by atoms with E-state index >= 15 is 0 Å². The van der Waals surface area contributed by atoms with Gasteiger partial charge >= 0.3 is 6.18 Å². The topological polar surface area (TPSA) is 0 Å². The molecule has 0 spiro atoms. The van der Waals surface area contributed by atoms with E-state index < -0.39 is 17.1 Å². The van der Waals surface area contributed by atoms with Gasteiger partial charge in [-0.3, -0.25) is 0 Å². The lowest BCUT2D eigenvalue weighted by Gasteiger charge is -2.17. The standard InChI is InChI=1S/C15H11BrClF3/c16-11-7-5-10(6-8-11)9-14(17)12-3-1-2-4-13(12)15(18,19)20/h1-8,14H,9H2. The summed E-state index contributed by atoms with van der Waals surface area (Å²) < 4.78 is 39.7. The van der Waals surface area contributed by atoms with Gasteiger partial charge < -0.3 is 0 Å². The molecule has 0 aliphatic heterocycles. The summed E-state index contributed by atoms with van der Waals surface area (Å²) in [6, 6.07) is 12.8. The van der Waals surface area contributed by atoms with Crippen LogP contribution in [0.4, 0.5) is 13.2 Å². The Morgan fingerprint density at radius 3 is 2.20 bits per heavy atom. The van der Waals surface area contributed by atoms with Crippen LogP contribution >= 0.6 is 27.5 Å². The van der Waals surface area contributed by atoms with Gasteiger partial charge in [0.15, 0.2) is 0 Å². The molecule has 0 radical (unpaired) electrons. The van der Waals surface area contributed by atoms with Gasteiger partial charge in [0.25, 0.3) is 0 Å². The molecule has 0 aromatic heterocycles. The van der Waals surface area contributed by atoms with Crippen LogP contribution in [0.15, 0.2) is 53.0 Å². The molecule has 0 aliphatic carbocycles. The predicted molar refractivity (Wildman–Crippen MR) is 77.9 cm³/mol. The molecule has 0 saturated carbocycles. The largest absolute Gasteiger partial charge is 0.416 e. The molecule has 0 fully saturated rings. The van der Waals surface area contributed by atoms with Crippen LogP contribution in [0, 0.1) is 0 Å². The van der Waals surface area contributed by atoms with Gasteiger partial charge in [-0.15, -0.1) is 11.6 Å². The Balaban J connectivity index is 2.25. The fourth-order valence-electron chi connectivity index (χ4n) is 1.97. The van der Waals surface area contributed by atoms with E-state index in [1.165, 1.54) is 12.1 Å². The van der Waals surface area contributed by atoms with Crippen molar-refractivity contribution >= 4 is 27.5 Å². The number of hydrogen-bond donors (Lipinski definition) is 0. The summed E-state index contributed by atoms with van der Waals surface area (Å²) in [5, 5.41) is -0.714. The van der Waals surface area contributed by atoms with E-state index in [1.54, 1.807) is 6.07 Å². The average molecular weight is 364 g/mol. The average Bonchev–Trinajstić information content (AvgIpc) is 2.40. The normalized spacial score (nSPS) is 13.2. The van der Waals surface area contributed by atoms with E-state index in [0.29, 0.717) is 6.42 Å². The lowest BCUT2D eigenvalue weighted by Crippen LogP contribution is -2.11. The molecule has 0 amide bonds. The quantitative estimate of drug-likeness (QED) is 0.588. The molecule has 0 saturated heterocycles. The Morgan fingerprint density at radius 1 is 1.00 bits per heavy atom. The smallest absolute Gasteiger partial charge is 0.166 e. The van der Waals surface area contributed by atoms with Crippen molar-refractivity contribution in [1.82, 2.24) is 0 Å². The van der Waals surface area contributed by atoms with E-state index in [9.17, 15) is 13.2 Å². The van der Waals surface area contributed by atoms with Crippen molar-refractivity contribution < 1.29 is 13.2 Å². The van der Waals surface area contributed by atoms with E-state index in [4.69, 9.17) is 11.6 Å². The molecule has 2 aromatic rings. The fraction of sp³-hybridized carbons (Fsp3) is 0.200. The van der Waals surface area contributed by atoms with Gasteiger partial charge in [-0.1, -0.05) is 46.3 Å². The monoisotopic (exact) mass is 362 g/mol. The maximum atomic E-state index is 12.9. The number of hydrogen-bond acceptors (Lipinski definition) is 0. The minimum absolute atomic E-state index is 0.115. The Bertz CT molecular complexity index is 578.